The van der Waals surface area contributed by atoms with Gasteiger partial charge in [-0.15, -0.1) is 0 Å². The van der Waals surface area contributed by atoms with E-state index in [1.807, 2.05) is 0 Å². The van der Waals surface area contributed by atoms with Crippen molar-refractivity contribution >= 4 is 7.60 Å². The summed E-state index contributed by atoms with van der Waals surface area (Å²) >= 11 is 0. The van der Waals surface area contributed by atoms with Gasteiger partial charge in [0.05, 0.1) is 12.8 Å². The highest BCUT2D eigenvalue weighted by Gasteiger charge is 2.40. The zero-order chi connectivity index (χ0) is 12.5. The molecule has 0 saturated heterocycles. The van der Waals surface area contributed by atoms with Gasteiger partial charge in [0, 0.05) is 5.66 Å². The van der Waals surface area contributed by atoms with Gasteiger partial charge in [-0.05, 0) is 0 Å². The lowest BCUT2D eigenvalue weighted by atomic mass is 10.2. The van der Waals surface area contributed by atoms with Gasteiger partial charge >= 0.3 is 12.4 Å². The second-order valence-electron chi connectivity index (χ2n) is 2.83. The molecule has 0 bridgehead atoms. The second kappa shape index (κ2) is 4.31. The number of hydrogen-bond donors (Lipinski definition) is 0. The Morgan fingerprint density at radius 3 is 1.33 bits per heavy atom. The maximum atomic E-state index is 11.6. The Morgan fingerprint density at radius 2 is 1.20 bits per heavy atom. The fourth-order valence-corrected chi connectivity index (χ4v) is 1.69. The van der Waals surface area contributed by atoms with Crippen LogP contribution in [-0.4, -0.2) is 18.0 Å². The van der Waals surface area contributed by atoms with Gasteiger partial charge in [-0.2, -0.15) is 26.3 Å². The van der Waals surface area contributed by atoms with Crippen molar-refractivity contribution in [1.29, 1.82) is 0 Å². The number of alkyl halides is 6. The second-order valence-corrected chi connectivity index (χ2v) is 4.64. The zero-order valence-electron chi connectivity index (χ0n) is 6.93. The predicted octanol–water partition coefficient (Wildman–Crippen LogP) is 1.17. The van der Waals surface area contributed by atoms with Crippen molar-refractivity contribution in [3.8, 4) is 0 Å². The molecule has 0 aliphatic carbocycles. The third kappa shape index (κ3) is 7.64. The van der Waals surface area contributed by atoms with Gasteiger partial charge in [-0.3, -0.25) is 0 Å². The molecule has 92 valence electrons. The van der Waals surface area contributed by atoms with Gasteiger partial charge in [0.1, 0.15) is 0 Å². The van der Waals surface area contributed by atoms with Gasteiger partial charge in [0.15, 0.2) is 0 Å². The molecule has 0 rings (SSSR count). The third-order valence-corrected chi connectivity index (χ3v) is 2.64. The van der Waals surface area contributed by atoms with Crippen LogP contribution in [0.2, 0.25) is 0 Å². The number of halogens is 6. The molecule has 0 aromatic carbocycles. The summed E-state index contributed by atoms with van der Waals surface area (Å²) < 4.78 is 80.0. The van der Waals surface area contributed by atoms with Crippen molar-refractivity contribution in [3.63, 3.8) is 0 Å². The Labute approximate surface area is 80.2 Å². The van der Waals surface area contributed by atoms with E-state index >= 15 is 0 Å². The van der Waals surface area contributed by atoms with Gasteiger partial charge in [0.2, 0.25) is 0 Å². The molecule has 0 aromatic heterocycles. The Bertz CT molecular complexity index is 236. The molecule has 0 aliphatic rings. The lowest BCUT2D eigenvalue weighted by Gasteiger charge is -2.39. The topological polar surface area (TPSA) is 63.2 Å². The normalized spacial score (nSPS) is 14.7. The highest BCUT2D eigenvalue weighted by Crippen LogP contribution is 2.44. The van der Waals surface area contributed by atoms with Crippen LogP contribution >= 0.6 is 7.60 Å². The van der Waals surface area contributed by atoms with E-state index < -0.39 is 38.4 Å². The molecule has 0 fully saturated rings. The minimum Gasteiger partial charge on any atom is -0.811 e. The molecular weight excluding hydrogens is 253 g/mol. The smallest absolute Gasteiger partial charge is 0.389 e. The first-order valence-corrected chi connectivity index (χ1v) is 5.08. The van der Waals surface area contributed by atoms with Gasteiger partial charge in [0.25, 0.3) is 0 Å². The summed E-state index contributed by atoms with van der Waals surface area (Å²) in [6.07, 6.45) is -14.8. The molecule has 0 aliphatic heterocycles. The van der Waals surface area contributed by atoms with Crippen LogP contribution in [-0.2, 0) is 4.57 Å². The molecule has 0 aromatic rings. The Balaban J connectivity index is 4.70. The van der Waals surface area contributed by atoms with Crippen LogP contribution < -0.4 is 9.79 Å². The lowest BCUT2D eigenvalue weighted by molar-refractivity contribution is -0.320. The molecule has 0 unspecified atom stereocenters. The molecule has 0 amide bonds. The average molecular weight is 258 g/mol. The number of rotatable bonds is 3. The predicted molar refractivity (Wildman–Crippen MR) is 32.7 cm³/mol. The monoisotopic (exact) mass is 258 g/mol. The van der Waals surface area contributed by atoms with Gasteiger partial charge < -0.3 is 14.4 Å². The highest BCUT2D eigenvalue weighted by atomic mass is 31.2. The van der Waals surface area contributed by atoms with E-state index in [1.165, 1.54) is 0 Å². The van der Waals surface area contributed by atoms with Crippen LogP contribution in [0.1, 0.15) is 12.8 Å². The quantitative estimate of drug-likeness (QED) is 0.563. The molecule has 0 saturated carbocycles. The average Bonchev–Trinajstić information content (AvgIpc) is 1.75. The molecule has 0 N–H and O–H groups in total. The van der Waals surface area contributed by atoms with Crippen molar-refractivity contribution in [2.75, 3.05) is 0 Å². The molecular formula is C5H5F6O3P-2. The minimum absolute atomic E-state index is 2.28. The molecule has 0 radical (unpaired) electrons. The van der Waals surface area contributed by atoms with Gasteiger partial charge in [-0.1, -0.05) is 7.60 Å². The summed E-state index contributed by atoms with van der Waals surface area (Å²) in [5, 5.41) is 0. The largest absolute Gasteiger partial charge is 0.811 e. The van der Waals surface area contributed by atoms with Crippen molar-refractivity contribution in [3.05, 3.63) is 0 Å². The molecule has 3 nitrogen and oxygen atoms in total. The van der Waals surface area contributed by atoms with E-state index in [0.29, 0.717) is 0 Å². The van der Waals surface area contributed by atoms with Crippen LogP contribution in [0.5, 0.6) is 0 Å². The summed E-state index contributed by atoms with van der Waals surface area (Å²) in [5.41, 5.74) is -2.99. The lowest BCUT2D eigenvalue weighted by Crippen LogP contribution is -2.33. The third-order valence-electron chi connectivity index (χ3n) is 1.38. The van der Waals surface area contributed by atoms with Crippen LogP contribution in [0.25, 0.3) is 0 Å². The van der Waals surface area contributed by atoms with E-state index in [9.17, 15) is 40.7 Å². The van der Waals surface area contributed by atoms with E-state index in [4.69, 9.17) is 0 Å². The van der Waals surface area contributed by atoms with Crippen LogP contribution in [0, 0.1) is 0 Å². The van der Waals surface area contributed by atoms with Crippen LogP contribution in [0.4, 0.5) is 26.3 Å². The van der Waals surface area contributed by atoms with Crippen molar-refractivity contribution in [2.24, 2.45) is 0 Å². The van der Waals surface area contributed by atoms with Crippen molar-refractivity contribution < 1.29 is 40.7 Å². The Morgan fingerprint density at radius 1 is 0.933 bits per heavy atom. The first-order chi connectivity index (χ1) is 6.31. The molecule has 0 heterocycles. The van der Waals surface area contributed by atoms with Gasteiger partial charge in [-0.25, -0.2) is 0 Å². The molecule has 0 spiro atoms. The summed E-state index contributed by atoms with van der Waals surface area (Å²) in [6, 6.07) is 0. The summed E-state index contributed by atoms with van der Waals surface area (Å²) in [7, 11) is -5.91. The molecule has 15 heavy (non-hydrogen) atoms. The molecule has 0 atom stereocenters. The SMILES string of the molecule is O=P([O-])([O-])C(CC(F)(F)F)CC(F)(F)F. The summed E-state index contributed by atoms with van der Waals surface area (Å²) in [5.74, 6) is 0. The van der Waals surface area contributed by atoms with Crippen molar-refractivity contribution in [2.45, 2.75) is 30.9 Å². The first kappa shape index (κ1) is 14.7. The Hall–Kier alpha value is -0.270. The first-order valence-electron chi connectivity index (χ1n) is 3.46. The Kier molecular flexibility index (Phi) is 4.23. The summed E-state index contributed by atoms with van der Waals surface area (Å²) in [6.45, 7) is 0. The standard InChI is InChI=1S/C5H7F6O3P/c6-4(7,8)1-3(15(12,13)14)2-5(9,10)11/h3H,1-2H2,(H2,12,13,14)/p-2. The van der Waals surface area contributed by atoms with Crippen LogP contribution in [0.3, 0.4) is 0 Å². The van der Waals surface area contributed by atoms with Crippen LogP contribution in [0.15, 0.2) is 0 Å². The van der Waals surface area contributed by atoms with E-state index in [0.717, 1.165) is 0 Å². The van der Waals surface area contributed by atoms with Crippen molar-refractivity contribution in [1.82, 2.24) is 0 Å². The highest BCUT2D eigenvalue weighted by molar-refractivity contribution is 7.49. The fourth-order valence-electron chi connectivity index (χ4n) is 0.830. The molecule has 10 heteroatoms. The minimum atomic E-state index is -5.91. The van der Waals surface area contributed by atoms with E-state index in [1.54, 1.807) is 0 Å². The maximum Gasteiger partial charge on any atom is 0.389 e. The zero-order valence-corrected chi connectivity index (χ0v) is 7.83. The number of hydrogen-bond acceptors (Lipinski definition) is 3. The fraction of sp³-hybridized carbons (Fsp3) is 1.00. The van der Waals surface area contributed by atoms with E-state index in [-0.39, 0.29) is 0 Å². The maximum absolute atomic E-state index is 11.6. The van der Waals surface area contributed by atoms with E-state index in [2.05, 4.69) is 0 Å². The summed E-state index contributed by atoms with van der Waals surface area (Å²) in [4.78, 5) is 20.3.